The zero-order valence-corrected chi connectivity index (χ0v) is 16.0. The average Bonchev–Trinajstić information content (AvgIpc) is 2.84. The molecule has 5 nitrogen and oxygen atoms in total. The second-order valence-electron chi connectivity index (χ2n) is 5.84. The second kappa shape index (κ2) is 7.60. The predicted octanol–water partition coefficient (Wildman–Crippen LogP) is 4.71. The fourth-order valence-corrected chi connectivity index (χ4v) is 3.14. The van der Waals surface area contributed by atoms with Crippen LogP contribution in [0.2, 0.25) is 10.0 Å². The van der Waals surface area contributed by atoms with Crippen LogP contribution >= 0.6 is 23.2 Å². The summed E-state index contributed by atoms with van der Waals surface area (Å²) in [6.07, 6.45) is -1.17. The maximum absolute atomic E-state index is 13.6. The number of benzene rings is 1. The fourth-order valence-electron chi connectivity index (χ4n) is 2.68. The minimum Gasteiger partial charge on any atom is -0.451 e. The number of H-pyrrole nitrogens is 1. The molecule has 1 heterocycles. The lowest BCUT2D eigenvalue weighted by molar-refractivity contribution is 0.0316. The molecule has 1 N–H and O–H groups in total. The van der Waals surface area contributed by atoms with E-state index in [0.29, 0.717) is 16.8 Å². The Morgan fingerprint density at radius 3 is 2.31 bits per heavy atom. The molecule has 0 radical (unpaired) electrons. The van der Waals surface area contributed by atoms with Crippen molar-refractivity contribution in [2.24, 2.45) is 0 Å². The van der Waals surface area contributed by atoms with Crippen molar-refractivity contribution in [2.75, 3.05) is 0 Å². The summed E-state index contributed by atoms with van der Waals surface area (Å²) in [5.41, 5.74) is 1.41. The van der Waals surface area contributed by atoms with Crippen LogP contribution in [0.3, 0.4) is 0 Å². The van der Waals surface area contributed by atoms with Gasteiger partial charge >= 0.3 is 5.97 Å². The molecule has 0 aliphatic carbocycles. The average molecular weight is 400 g/mol. The van der Waals surface area contributed by atoms with E-state index in [0.717, 1.165) is 12.1 Å². The Bertz CT molecular complexity index is 920. The minimum absolute atomic E-state index is 0.0909. The standard InChI is InChI=1S/C18H16Cl2FNO4/c1-7-15(9(3)23)8(2)22-16(7)17(24)10(4)26-18(25)11-5-14(21)13(20)6-12(11)19/h5-6,10,22H,1-4H3/t10-/m1/s1. The molecule has 2 aromatic rings. The number of carbonyl (C=O) groups excluding carboxylic acids is 3. The Hall–Kier alpha value is -2.18. The molecule has 0 aliphatic heterocycles. The van der Waals surface area contributed by atoms with E-state index in [2.05, 4.69) is 4.98 Å². The molecule has 1 atom stereocenters. The van der Waals surface area contributed by atoms with Gasteiger partial charge in [0.2, 0.25) is 5.78 Å². The third kappa shape index (κ3) is 3.81. The zero-order valence-electron chi connectivity index (χ0n) is 14.5. The van der Waals surface area contributed by atoms with Gasteiger partial charge in [0.05, 0.1) is 21.3 Å². The summed E-state index contributed by atoms with van der Waals surface area (Å²) in [6, 6.07) is 1.93. The second-order valence-corrected chi connectivity index (χ2v) is 6.65. The van der Waals surface area contributed by atoms with Gasteiger partial charge in [0.15, 0.2) is 11.9 Å². The lowest BCUT2D eigenvalue weighted by Gasteiger charge is -2.13. The van der Waals surface area contributed by atoms with Gasteiger partial charge in [-0.05, 0) is 45.4 Å². The number of ketones is 2. The van der Waals surface area contributed by atoms with E-state index in [-0.39, 0.29) is 27.1 Å². The number of carbonyl (C=O) groups is 3. The molecule has 0 amide bonds. The Morgan fingerprint density at radius 1 is 1.15 bits per heavy atom. The molecule has 0 aliphatic rings. The SMILES string of the molecule is CC(=O)c1c(C)[nH]c(C(=O)[C@@H](C)OC(=O)c2cc(F)c(Cl)cc2Cl)c1C. The van der Waals surface area contributed by atoms with E-state index in [4.69, 9.17) is 27.9 Å². The topological polar surface area (TPSA) is 76.2 Å². The first-order chi connectivity index (χ1) is 12.0. The van der Waals surface area contributed by atoms with Crippen LogP contribution in [-0.4, -0.2) is 28.6 Å². The highest BCUT2D eigenvalue weighted by molar-refractivity contribution is 6.36. The number of ether oxygens (including phenoxy) is 1. The van der Waals surface area contributed by atoms with Crippen LogP contribution < -0.4 is 0 Å². The summed E-state index contributed by atoms with van der Waals surface area (Å²) in [5.74, 6) is -2.48. The number of hydrogen-bond donors (Lipinski definition) is 1. The number of aromatic nitrogens is 1. The van der Waals surface area contributed by atoms with Gasteiger partial charge in [-0.1, -0.05) is 23.2 Å². The molecule has 0 fully saturated rings. The maximum atomic E-state index is 13.6. The van der Waals surface area contributed by atoms with Crippen molar-refractivity contribution < 1.29 is 23.5 Å². The van der Waals surface area contributed by atoms with Crippen LogP contribution in [-0.2, 0) is 4.74 Å². The lowest BCUT2D eigenvalue weighted by Crippen LogP contribution is -2.25. The third-order valence-corrected chi connectivity index (χ3v) is 4.52. The van der Waals surface area contributed by atoms with Gasteiger partial charge in [-0.15, -0.1) is 0 Å². The van der Waals surface area contributed by atoms with Crippen molar-refractivity contribution in [1.29, 1.82) is 0 Å². The molecule has 1 aromatic heterocycles. The monoisotopic (exact) mass is 399 g/mol. The number of rotatable bonds is 5. The molecule has 0 unspecified atom stereocenters. The Morgan fingerprint density at radius 2 is 1.77 bits per heavy atom. The number of nitrogens with one attached hydrogen (secondary N) is 1. The number of hydrogen-bond acceptors (Lipinski definition) is 4. The Balaban J connectivity index is 2.25. The van der Waals surface area contributed by atoms with E-state index in [1.165, 1.54) is 13.8 Å². The highest BCUT2D eigenvalue weighted by Crippen LogP contribution is 2.26. The molecule has 0 saturated heterocycles. The van der Waals surface area contributed by atoms with Crippen molar-refractivity contribution in [1.82, 2.24) is 4.98 Å². The fraction of sp³-hybridized carbons (Fsp3) is 0.278. The molecule has 0 spiro atoms. The number of esters is 1. The van der Waals surface area contributed by atoms with Gasteiger partial charge in [0.1, 0.15) is 5.82 Å². The molecule has 1 aromatic carbocycles. The molecule has 8 heteroatoms. The summed E-state index contributed by atoms with van der Waals surface area (Å²) >= 11 is 11.5. The van der Waals surface area contributed by atoms with E-state index in [9.17, 15) is 18.8 Å². The summed E-state index contributed by atoms with van der Waals surface area (Å²) in [4.78, 5) is 39.3. The van der Waals surface area contributed by atoms with Crippen LogP contribution in [0, 0.1) is 19.7 Å². The molecule has 2 rings (SSSR count). The van der Waals surface area contributed by atoms with Crippen LogP contribution in [0.25, 0.3) is 0 Å². The first-order valence-corrected chi connectivity index (χ1v) is 8.40. The first kappa shape index (κ1) is 20.1. The van der Waals surface area contributed by atoms with Crippen LogP contribution in [0.15, 0.2) is 12.1 Å². The highest BCUT2D eigenvalue weighted by atomic mass is 35.5. The van der Waals surface area contributed by atoms with Crippen molar-refractivity contribution in [3.63, 3.8) is 0 Å². The van der Waals surface area contributed by atoms with Crippen LogP contribution in [0.4, 0.5) is 4.39 Å². The molecule has 26 heavy (non-hydrogen) atoms. The molecular formula is C18H16Cl2FNO4. The number of halogens is 3. The molecular weight excluding hydrogens is 384 g/mol. The lowest BCUT2D eigenvalue weighted by atomic mass is 10.0. The molecule has 0 bridgehead atoms. The largest absolute Gasteiger partial charge is 0.451 e. The zero-order chi connectivity index (χ0) is 19.8. The summed E-state index contributed by atoms with van der Waals surface area (Å²) in [5, 5.41) is -0.322. The minimum atomic E-state index is -1.17. The van der Waals surface area contributed by atoms with Gasteiger partial charge in [0.25, 0.3) is 0 Å². The van der Waals surface area contributed by atoms with Crippen LogP contribution in [0.5, 0.6) is 0 Å². The summed E-state index contributed by atoms with van der Waals surface area (Å²) in [7, 11) is 0. The van der Waals surface area contributed by atoms with Gasteiger partial charge in [0, 0.05) is 11.3 Å². The third-order valence-electron chi connectivity index (χ3n) is 3.92. The van der Waals surface area contributed by atoms with Crippen molar-refractivity contribution in [3.8, 4) is 0 Å². The summed E-state index contributed by atoms with van der Waals surface area (Å²) in [6.45, 7) is 6.09. The van der Waals surface area contributed by atoms with Crippen molar-refractivity contribution in [2.45, 2.75) is 33.8 Å². The number of Topliss-reactive ketones (excluding diaryl/α,β-unsaturated/α-hetero) is 2. The smallest absolute Gasteiger partial charge is 0.340 e. The van der Waals surface area contributed by atoms with Crippen molar-refractivity contribution >= 4 is 40.7 Å². The number of aromatic amines is 1. The number of aryl methyl sites for hydroxylation is 1. The van der Waals surface area contributed by atoms with E-state index in [1.54, 1.807) is 13.8 Å². The van der Waals surface area contributed by atoms with E-state index >= 15 is 0 Å². The molecule has 0 saturated carbocycles. The first-order valence-electron chi connectivity index (χ1n) is 7.64. The Labute approximate surface area is 159 Å². The quantitative estimate of drug-likeness (QED) is 0.448. The van der Waals surface area contributed by atoms with E-state index in [1.807, 2.05) is 0 Å². The Kier molecular flexibility index (Phi) is 5.88. The van der Waals surface area contributed by atoms with Crippen molar-refractivity contribution in [3.05, 3.63) is 56.1 Å². The summed E-state index contributed by atoms with van der Waals surface area (Å²) < 4.78 is 18.7. The van der Waals surface area contributed by atoms with Gasteiger partial charge in [-0.3, -0.25) is 9.59 Å². The van der Waals surface area contributed by atoms with Gasteiger partial charge in [-0.25, -0.2) is 9.18 Å². The normalized spacial score (nSPS) is 12.0. The molecule has 138 valence electrons. The predicted molar refractivity (Wildman–Crippen MR) is 95.9 cm³/mol. The van der Waals surface area contributed by atoms with Gasteiger partial charge < -0.3 is 9.72 Å². The maximum Gasteiger partial charge on any atom is 0.340 e. The van der Waals surface area contributed by atoms with Gasteiger partial charge in [-0.2, -0.15) is 0 Å². The van der Waals surface area contributed by atoms with Crippen LogP contribution in [0.1, 0.15) is 56.3 Å². The highest BCUT2D eigenvalue weighted by Gasteiger charge is 2.27. The van der Waals surface area contributed by atoms with E-state index < -0.39 is 23.7 Å².